The molecule has 0 radical (unpaired) electrons. The van der Waals surface area contributed by atoms with Crippen LogP contribution in [0.2, 0.25) is 0 Å². The highest BCUT2D eigenvalue weighted by atomic mass is 35.5. The molecule has 1 aromatic carbocycles. The molecule has 2 N–H and O–H groups in total. The largest absolute Gasteiger partial charge is 0.461 e. The molecule has 17 heteroatoms. The van der Waals surface area contributed by atoms with Crippen molar-refractivity contribution in [2.75, 3.05) is 6.26 Å². The van der Waals surface area contributed by atoms with E-state index in [4.69, 9.17) is 30.5 Å². The quantitative estimate of drug-likeness (QED) is 0.113. The zero-order valence-corrected chi connectivity index (χ0v) is 38.0. The Kier molecular flexibility index (Phi) is 20.5. The van der Waals surface area contributed by atoms with Gasteiger partial charge in [-0.2, -0.15) is 0 Å². The molecular weight excluding hydrogens is 808 g/mol. The second-order valence-electron chi connectivity index (χ2n) is 17.7. The number of amides is 2. The Balaban J connectivity index is 3.49. The van der Waals surface area contributed by atoms with Crippen molar-refractivity contribution in [2.45, 2.75) is 150 Å². The Labute approximate surface area is 353 Å². The van der Waals surface area contributed by atoms with Gasteiger partial charge in [0.15, 0.2) is 15.6 Å². The van der Waals surface area contributed by atoms with E-state index in [9.17, 15) is 42.0 Å². The average Bonchev–Trinajstić information content (AvgIpc) is 3.04. The molecule has 0 aliphatic rings. The van der Waals surface area contributed by atoms with Gasteiger partial charge in [-0.05, 0) is 86.3 Å². The number of carbonyl (C=O) groups is 7. The zero-order chi connectivity index (χ0) is 45.5. The lowest BCUT2D eigenvalue weighted by molar-refractivity contribution is -0.159. The minimum Gasteiger partial charge on any atom is -0.461 e. The topological polar surface area (TPSA) is 215 Å². The summed E-state index contributed by atoms with van der Waals surface area (Å²) in [6.45, 7) is 18.0. The molecule has 0 bridgehead atoms. The Morgan fingerprint density at radius 2 is 1.19 bits per heavy atom. The fourth-order valence-electron chi connectivity index (χ4n) is 5.37. The monoisotopic (exact) mass is 870 g/mol. The molecule has 0 aliphatic carbocycles. The third-order valence-electron chi connectivity index (χ3n) is 8.01. The van der Waals surface area contributed by atoms with Crippen molar-refractivity contribution in [1.82, 2.24) is 10.6 Å². The van der Waals surface area contributed by atoms with Gasteiger partial charge < -0.3 is 29.6 Å². The summed E-state index contributed by atoms with van der Waals surface area (Å²) >= 11 is 6.01. The number of esters is 4. The summed E-state index contributed by atoms with van der Waals surface area (Å²) in [5.41, 5.74) is -1.97. The number of hydrogen-bond acceptors (Lipinski definition) is 13. The van der Waals surface area contributed by atoms with Crippen molar-refractivity contribution in [2.24, 2.45) is 17.8 Å². The Bertz CT molecular complexity index is 1770. The normalized spacial score (nSPS) is 14.6. The lowest BCUT2D eigenvalue weighted by Crippen LogP contribution is -2.47. The first-order valence-electron chi connectivity index (χ1n) is 19.4. The van der Waals surface area contributed by atoms with Gasteiger partial charge in [-0.25, -0.2) is 8.42 Å². The first-order chi connectivity index (χ1) is 26.8. The lowest BCUT2D eigenvalue weighted by Gasteiger charge is -2.27. The highest BCUT2D eigenvalue weighted by Crippen LogP contribution is 2.23. The van der Waals surface area contributed by atoms with E-state index in [-0.39, 0.29) is 19.4 Å². The SMILES string of the molecule is CC(C)[C@H](CC(=O)[C@H](CCC(=O)OC(C)(C)C)NC(=O)[C@@H](CC(=O)OCc1ccccc1)CC(=O)OC(C)(C)C)C(=O)N[C@H](/C=C(\Cl)S(C)(=O)=O)CC(=O)OC(C)(C)C. The number of sulfone groups is 1. The molecule has 15 nitrogen and oxygen atoms in total. The van der Waals surface area contributed by atoms with E-state index in [0.717, 1.165) is 12.3 Å². The van der Waals surface area contributed by atoms with Gasteiger partial charge in [0.05, 0.1) is 37.3 Å². The van der Waals surface area contributed by atoms with E-state index in [1.54, 1.807) is 106 Å². The molecule has 59 heavy (non-hydrogen) atoms. The van der Waals surface area contributed by atoms with Gasteiger partial charge in [-0.1, -0.05) is 55.8 Å². The van der Waals surface area contributed by atoms with Crippen molar-refractivity contribution in [3.05, 3.63) is 46.3 Å². The number of Topliss-reactive ketones (excluding diaryl/α,β-unsaturated/α-hetero) is 1. The first kappa shape index (κ1) is 52.7. The fraction of sp³-hybridized carbons (Fsp3) is 0.643. The second-order valence-corrected chi connectivity index (χ2v) is 20.3. The van der Waals surface area contributed by atoms with Crippen molar-refractivity contribution >= 4 is 62.9 Å². The van der Waals surface area contributed by atoms with Crippen LogP contribution in [0.1, 0.15) is 120 Å². The lowest BCUT2D eigenvalue weighted by atomic mass is 9.86. The summed E-state index contributed by atoms with van der Waals surface area (Å²) in [6, 6.07) is 6.15. The van der Waals surface area contributed by atoms with Crippen LogP contribution < -0.4 is 10.6 Å². The molecule has 0 aliphatic heterocycles. The molecule has 1 rings (SSSR count). The maximum Gasteiger partial charge on any atom is 0.308 e. The number of benzene rings is 1. The molecule has 0 unspecified atom stereocenters. The number of ether oxygens (including phenoxy) is 4. The van der Waals surface area contributed by atoms with Gasteiger partial charge in [0.25, 0.3) is 0 Å². The Morgan fingerprint density at radius 3 is 1.68 bits per heavy atom. The van der Waals surface area contributed by atoms with Crippen LogP contribution >= 0.6 is 11.6 Å². The third-order valence-corrected chi connectivity index (χ3v) is 9.82. The van der Waals surface area contributed by atoms with E-state index in [1.165, 1.54) is 0 Å². The number of carbonyl (C=O) groups excluding carboxylic acids is 7. The molecule has 0 saturated heterocycles. The number of ketones is 1. The van der Waals surface area contributed by atoms with Gasteiger partial charge in [0, 0.05) is 25.0 Å². The molecular formula is C42H63ClN2O13S. The van der Waals surface area contributed by atoms with Crippen molar-refractivity contribution < 1.29 is 60.9 Å². The van der Waals surface area contributed by atoms with Crippen LogP contribution in [0.15, 0.2) is 40.8 Å². The predicted octanol–water partition coefficient (Wildman–Crippen LogP) is 5.65. The maximum absolute atomic E-state index is 14.1. The van der Waals surface area contributed by atoms with E-state index in [1.807, 2.05) is 0 Å². The molecule has 0 aromatic heterocycles. The van der Waals surface area contributed by atoms with E-state index in [2.05, 4.69) is 10.6 Å². The fourth-order valence-corrected chi connectivity index (χ4v) is 5.94. The average molecular weight is 871 g/mol. The molecule has 2 amide bonds. The zero-order valence-electron chi connectivity index (χ0n) is 36.4. The standard InChI is InChI=1S/C42H63ClN2O13S/c1-26(2)30(39(52)44-29(22-33(43)59(12,53)54)23-37(50)58-42(9,10)11)24-32(46)31(18-19-34(47)56-40(3,4)5)45-38(51)28(21-36(49)57-41(6,7)8)20-35(48)55-25-27-16-14-13-15-17-27/h13-17,22,26,28-31H,18-21,23-25H2,1-12H3,(H,44,52)(H,45,51)/b33-22+/t28-,29+,30-,31-/m0/s1. The summed E-state index contributed by atoms with van der Waals surface area (Å²) in [6.07, 6.45) is -0.813. The summed E-state index contributed by atoms with van der Waals surface area (Å²) in [5, 5.41) is 5.20. The number of hydrogen-bond donors (Lipinski definition) is 2. The minimum atomic E-state index is -3.92. The molecule has 0 heterocycles. The van der Waals surface area contributed by atoms with E-state index >= 15 is 0 Å². The van der Waals surface area contributed by atoms with Crippen molar-refractivity contribution in [1.29, 1.82) is 0 Å². The summed E-state index contributed by atoms with van der Waals surface area (Å²) < 4.78 is 45.2. The molecule has 332 valence electrons. The van der Waals surface area contributed by atoms with Gasteiger partial charge in [-0.3, -0.25) is 33.6 Å². The van der Waals surface area contributed by atoms with Crippen LogP contribution in [0.3, 0.4) is 0 Å². The number of rotatable bonds is 21. The second kappa shape index (κ2) is 22.9. The van der Waals surface area contributed by atoms with Crippen LogP contribution in [0.4, 0.5) is 0 Å². The highest BCUT2D eigenvalue weighted by Gasteiger charge is 2.35. The van der Waals surface area contributed by atoms with Gasteiger partial charge >= 0.3 is 23.9 Å². The summed E-state index contributed by atoms with van der Waals surface area (Å²) in [7, 11) is -3.92. The van der Waals surface area contributed by atoms with Gasteiger partial charge in [-0.15, -0.1) is 0 Å². The first-order valence-corrected chi connectivity index (χ1v) is 21.7. The van der Waals surface area contributed by atoms with Crippen LogP contribution in [-0.4, -0.2) is 85.0 Å². The summed E-state index contributed by atoms with van der Waals surface area (Å²) in [4.78, 5) is 93.4. The van der Waals surface area contributed by atoms with Crippen LogP contribution in [-0.2, 0) is 69.0 Å². The Hall–Kier alpha value is -4.31. The molecule has 1 aromatic rings. The van der Waals surface area contributed by atoms with E-state index in [0.29, 0.717) is 5.56 Å². The van der Waals surface area contributed by atoms with E-state index < -0.39 is 128 Å². The van der Waals surface area contributed by atoms with Crippen LogP contribution in [0.5, 0.6) is 0 Å². The number of halogens is 1. The van der Waals surface area contributed by atoms with Crippen LogP contribution in [0.25, 0.3) is 0 Å². The Morgan fingerprint density at radius 1 is 0.695 bits per heavy atom. The van der Waals surface area contributed by atoms with Gasteiger partial charge in [0.2, 0.25) is 11.8 Å². The highest BCUT2D eigenvalue weighted by molar-refractivity contribution is 7.96. The van der Waals surface area contributed by atoms with Crippen molar-refractivity contribution in [3.63, 3.8) is 0 Å². The van der Waals surface area contributed by atoms with Crippen molar-refractivity contribution in [3.8, 4) is 0 Å². The smallest absolute Gasteiger partial charge is 0.308 e. The molecule has 0 spiro atoms. The maximum atomic E-state index is 14.1. The third kappa shape index (κ3) is 23.2. The molecule has 0 saturated carbocycles. The predicted molar refractivity (Wildman–Crippen MR) is 221 cm³/mol. The molecule has 0 fully saturated rings. The number of nitrogens with one attached hydrogen (secondary N) is 2. The minimum absolute atomic E-state index is 0.0923. The molecule has 4 atom stereocenters. The van der Waals surface area contributed by atoms with Gasteiger partial charge in [0.1, 0.15) is 27.8 Å². The van der Waals surface area contributed by atoms with Crippen LogP contribution in [0, 0.1) is 17.8 Å². The summed E-state index contributed by atoms with van der Waals surface area (Å²) in [5.74, 6) is -8.26.